The van der Waals surface area contributed by atoms with Crippen molar-refractivity contribution in [1.29, 1.82) is 0 Å². The van der Waals surface area contributed by atoms with Gasteiger partial charge in [0.15, 0.2) is 0 Å². The van der Waals surface area contributed by atoms with E-state index in [9.17, 15) is 0 Å². The van der Waals surface area contributed by atoms with Gasteiger partial charge < -0.3 is 0 Å². The topological polar surface area (TPSA) is 52.0 Å². The normalized spacial score (nSPS) is 12.0. The number of rotatable bonds is 2. The van der Waals surface area contributed by atoms with Gasteiger partial charge in [0.05, 0.1) is 0 Å². The predicted octanol–water partition coefficient (Wildman–Crippen LogP) is 0.386. The summed E-state index contributed by atoms with van der Waals surface area (Å²) in [6, 6.07) is 0. The van der Waals surface area contributed by atoms with Crippen molar-refractivity contribution in [2.75, 3.05) is 0 Å². The third-order valence-corrected chi connectivity index (χ3v) is 6.84. The Kier molecular flexibility index (Phi) is 2.87. The number of hydrogen-bond acceptors (Lipinski definition) is 2. The maximum absolute atomic E-state index is 5.68. The first-order valence-corrected chi connectivity index (χ1v) is 8.09. The van der Waals surface area contributed by atoms with Gasteiger partial charge in [-0.1, -0.05) is 0 Å². The van der Waals surface area contributed by atoms with E-state index in [1.54, 1.807) is 0 Å². The van der Waals surface area contributed by atoms with E-state index in [1.165, 1.54) is 0 Å². The van der Waals surface area contributed by atoms with Gasteiger partial charge in [-0.3, -0.25) is 0 Å². The van der Waals surface area contributed by atoms with E-state index < -0.39 is 13.7 Å². The van der Waals surface area contributed by atoms with Crippen LogP contribution in [0.5, 0.6) is 0 Å². The summed E-state index contributed by atoms with van der Waals surface area (Å²) in [7, 11) is 0. The van der Waals surface area contributed by atoms with Crippen LogP contribution in [-0.4, -0.2) is 13.7 Å². The average molecular weight is 163 g/mol. The van der Waals surface area contributed by atoms with Crippen LogP contribution >= 0.6 is 0 Å². The molecule has 7 heavy (non-hydrogen) atoms. The van der Waals surface area contributed by atoms with Crippen molar-refractivity contribution < 1.29 is 0 Å². The first-order valence-electron chi connectivity index (χ1n) is 2.70. The average Bonchev–Trinajstić information content (AvgIpc) is 1.68. The summed E-state index contributed by atoms with van der Waals surface area (Å²) in [6.07, 6.45) is 0. The van der Waals surface area contributed by atoms with Gasteiger partial charge in [-0.25, -0.2) is 0 Å². The molecule has 0 heterocycles. The van der Waals surface area contributed by atoms with Crippen LogP contribution in [0, 0.1) is 0 Å². The van der Waals surface area contributed by atoms with Crippen molar-refractivity contribution in [3.63, 3.8) is 0 Å². The molecule has 0 saturated carbocycles. The van der Waals surface area contributed by atoms with E-state index in [0.717, 1.165) is 10.5 Å². The monoisotopic (exact) mass is 164 g/mol. The fourth-order valence-corrected chi connectivity index (χ4v) is 1.30. The van der Waals surface area contributed by atoms with Crippen molar-refractivity contribution >= 4 is 13.7 Å². The molecule has 0 amide bonds. The van der Waals surface area contributed by atoms with Crippen LogP contribution in [0.1, 0.15) is 13.8 Å². The van der Waals surface area contributed by atoms with Crippen LogP contribution in [0.4, 0.5) is 0 Å². The summed E-state index contributed by atoms with van der Waals surface area (Å²) in [6.45, 7) is 4.15. The quantitative estimate of drug-likeness (QED) is 0.578. The fraction of sp³-hybridized carbons (Fsp3) is 1.00. The molecule has 0 atom stereocenters. The van der Waals surface area contributed by atoms with Gasteiger partial charge in [-0.2, -0.15) is 0 Å². The molecule has 0 aromatic rings. The zero-order chi connectivity index (χ0) is 5.91. The van der Waals surface area contributed by atoms with Crippen LogP contribution in [0.3, 0.4) is 0 Å². The van der Waals surface area contributed by atoms with E-state index in [1.807, 2.05) is 0 Å². The van der Waals surface area contributed by atoms with E-state index in [4.69, 9.17) is 9.38 Å². The summed E-state index contributed by atoms with van der Waals surface area (Å²) >= 11 is -2.08. The Labute approximate surface area is 48.1 Å². The molecule has 2 nitrogen and oxygen atoms in total. The standard InChI is InChI=1S/C4H14GeN2/c1-3-5(6,7)4-2/h3-4,6-7H2,1-2H3. The van der Waals surface area contributed by atoms with E-state index in [0.29, 0.717) is 0 Å². The molecule has 0 saturated heterocycles. The van der Waals surface area contributed by atoms with Crippen molar-refractivity contribution in [2.24, 2.45) is 9.38 Å². The van der Waals surface area contributed by atoms with Crippen molar-refractivity contribution in [1.82, 2.24) is 0 Å². The Balaban J connectivity index is 3.36. The Hall–Kier alpha value is 0.463. The van der Waals surface area contributed by atoms with Crippen LogP contribution < -0.4 is 9.38 Å². The molecule has 4 N–H and O–H groups in total. The first kappa shape index (κ1) is 7.46. The van der Waals surface area contributed by atoms with E-state index in [2.05, 4.69) is 13.8 Å². The van der Waals surface area contributed by atoms with Crippen LogP contribution in [0.2, 0.25) is 10.5 Å². The molecule has 0 aliphatic rings. The molecule has 0 radical (unpaired) electrons. The molecule has 0 fully saturated rings. The van der Waals surface area contributed by atoms with Gasteiger partial charge in [-0.05, 0) is 0 Å². The minimum absolute atomic E-state index is 1.04. The zero-order valence-electron chi connectivity index (χ0n) is 5.07. The van der Waals surface area contributed by atoms with Crippen molar-refractivity contribution in [3.8, 4) is 0 Å². The number of nitrogens with two attached hydrogens (primary N) is 2. The minimum atomic E-state index is -2.08. The molecular formula is C4H14GeN2. The summed E-state index contributed by atoms with van der Waals surface area (Å²) in [5, 5.41) is 2.08. The van der Waals surface area contributed by atoms with Gasteiger partial charge in [0.25, 0.3) is 0 Å². The van der Waals surface area contributed by atoms with Gasteiger partial charge in [0.2, 0.25) is 0 Å². The van der Waals surface area contributed by atoms with Crippen LogP contribution in [-0.2, 0) is 0 Å². The van der Waals surface area contributed by atoms with E-state index >= 15 is 0 Å². The van der Waals surface area contributed by atoms with E-state index in [-0.39, 0.29) is 0 Å². The summed E-state index contributed by atoms with van der Waals surface area (Å²) in [4.78, 5) is 0. The van der Waals surface area contributed by atoms with Gasteiger partial charge in [-0.15, -0.1) is 0 Å². The zero-order valence-corrected chi connectivity index (χ0v) is 7.17. The summed E-state index contributed by atoms with van der Waals surface area (Å²) < 4.78 is 11.4. The molecular weight excluding hydrogens is 149 g/mol. The predicted molar refractivity (Wildman–Crippen MR) is 35.1 cm³/mol. The van der Waals surface area contributed by atoms with Crippen molar-refractivity contribution in [3.05, 3.63) is 0 Å². The van der Waals surface area contributed by atoms with Crippen LogP contribution in [0.25, 0.3) is 0 Å². The van der Waals surface area contributed by atoms with Crippen molar-refractivity contribution in [2.45, 2.75) is 24.4 Å². The Morgan fingerprint density at radius 1 is 1.14 bits per heavy atom. The fourth-order valence-electron chi connectivity index (χ4n) is 0.250. The molecule has 0 aromatic carbocycles. The van der Waals surface area contributed by atoms with Crippen LogP contribution in [0.15, 0.2) is 0 Å². The summed E-state index contributed by atoms with van der Waals surface area (Å²) in [5.41, 5.74) is 0. The molecule has 3 heteroatoms. The Morgan fingerprint density at radius 2 is 1.43 bits per heavy atom. The molecule has 0 unspecified atom stereocenters. The third kappa shape index (κ3) is 3.08. The second kappa shape index (κ2) is 2.69. The number of hydrogen-bond donors (Lipinski definition) is 2. The second-order valence-corrected chi connectivity index (χ2v) is 10.1. The molecule has 0 aliphatic heterocycles. The van der Waals surface area contributed by atoms with Gasteiger partial charge in [0.1, 0.15) is 0 Å². The molecule has 0 rings (SSSR count). The van der Waals surface area contributed by atoms with Gasteiger partial charge >= 0.3 is 47.4 Å². The maximum atomic E-state index is 5.68. The molecule has 0 aliphatic carbocycles. The second-order valence-electron chi connectivity index (χ2n) is 1.94. The third-order valence-electron chi connectivity index (χ3n) is 1.32. The molecule has 0 spiro atoms. The Bertz CT molecular complexity index is 47.7. The summed E-state index contributed by atoms with van der Waals surface area (Å²) in [5.74, 6) is 0. The first-order chi connectivity index (χ1) is 3.12. The molecule has 0 aromatic heterocycles. The van der Waals surface area contributed by atoms with Gasteiger partial charge in [0, 0.05) is 0 Å². The molecule has 44 valence electrons. The molecule has 0 bridgehead atoms. The SMILES string of the molecule is C[CH2][Ge]([NH2])([NH2])[CH2]C. The Morgan fingerprint density at radius 3 is 1.43 bits per heavy atom.